The number of nitriles is 1. The van der Waals surface area contributed by atoms with Crippen LogP contribution in [0, 0.1) is 11.3 Å². The quantitative estimate of drug-likeness (QED) is 0.260. The van der Waals surface area contributed by atoms with Crippen LogP contribution in [0.3, 0.4) is 0 Å². The third-order valence-corrected chi connectivity index (χ3v) is 8.32. The van der Waals surface area contributed by atoms with Crippen LogP contribution in [0.25, 0.3) is 0 Å². The van der Waals surface area contributed by atoms with Gasteiger partial charge in [0.15, 0.2) is 5.03 Å². The van der Waals surface area contributed by atoms with Crippen LogP contribution in [0.5, 0.6) is 0 Å². The molecule has 1 aliphatic rings. The van der Waals surface area contributed by atoms with E-state index in [1.165, 1.54) is 23.9 Å². The number of nitrogens with one attached hydrogen (secondary N) is 1. The smallest absolute Gasteiger partial charge is 0.337 e. The monoisotopic (exact) mass is 559 g/mol. The average Bonchev–Trinajstić information content (AvgIpc) is 2.94. The predicted molar refractivity (Wildman–Crippen MR) is 152 cm³/mol. The van der Waals surface area contributed by atoms with Crippen molar-refractivity contribution < 1.29 is 23.1 Å². The van der Waals surface area contributed by atoms with Gasteiger partial charge in [-0.05, 0) is 73.9 Å². The van der Waals surface area contributed by atoms with E-state index in [2.05, 4.69) is 21.8 Å². The number of ether oxygens (including phenoxy) is 1. The van der Waals surface area contributed by atoms with Crippen LogP contribution in [0.15, 0.2) is 89.3 Å². The Hall–Kier alpha value is -4.16. The number of aliphatic hydroxyl groups is 1. The Balaban J connectivity index is 1.37. The topological polar surface area (TPSA) is 129 Å². The maximum Gasteiger partial charge on any atom is 0.337 e. The van der Waals surface area contributed by atoms with Crippen LogP contribution in [0.1, 0.15) is 62.1 Å². The highest BCUT2D eigenvalue weighted by atomic mass is 32.2. The Kier molecular flexibility index (Phi) is 9.22. The minimum absolute atomic E-state index is 0.106. The fraction of sp³-hybridized carbons (Fsp3) is 0.323. The minimum Gasteiger partial charge on any atom is -0.512 e. The van der Waals surface area contributed by atoms with Crippen LogP contribution in [-0.4, -0.2) is 30.1 Å². The number of carbonyl (C=O) groups excluding carboxylic acids is 1. The molecule has 4 rings (SSSR count). The molecule has 1 atom stereocenters. The number of benzene rings is 2. The van der Waals surface area contributed by atoms with Gasteiger partial charge in [0.05, 0.1) is 11.1 Å². The van der Waals surface area contributed by atoms with E-state index in [1.807, 2.05) is 37.3 Å². The molecule has 2 N–H and O–H groups in total. The Labute approximate surface area is 235 Å². The van der Waals surface area contributed by atoms with Gasteiger partial charge in [-0.3, -0.25) is 4.72 Å². The number of nitrogens with zero attached hydrogens (tertiary/aromatic N) is 2. The zero-order chi connectivity index (χ0) is 28.6. The molecule has 8 nitrogen and oxygen atoms in total. The van der Waals surface area contributed by atoms with E-state index in [4.69, 9.17) is 10.00 Å². The molecule has 0 amide bonds. The van der Waals surface area contributed by atoms with Gasteiger partial charge < -0.3 is 9.84 Å². The molecule has 1 aromatic heterocycles. The molecule has 0 fully saturated rings. The molecule has 2 heterocycles. The predicted octanol–water partition coefficient (Wildman–Crippen LogP) is 6.01. The summed E-state index contributed by atoms with van der Waals surface area (Å²) in [6.45, 7) is 2.05. The molecule has 0 saturated heterocycles. The number of anilines is 1. The normalized spacial score (nSPS) is 17.2. The van der Waals surface area contributed by atoms with Crippen LogP contribution >= 0.6 is 0 Å². The standard InChI is InChI=1S/C31H33N3O5S/c1-2-17-31(18-16-23-8-4-3-5-9-23)20-28(35)27(30(36)39-31)13-7-11-24-10-6-12-26(19-24)34-40(37,38)29-15-14-25(21-32)22-33-29/h3-6,8-10,12,14-15,19,22,34-35H,2,7,11,13,16-18,20H2,1H3/t31-/m0/s1. The lowest BCUT2D eigenvalue weighted by molar-refractivity contribution is -0.161. The number of aromatic nitrogens is 1. The van der Waals surface area contributed by atoms with Crippen molar-refractivity contribution in [2.45, 2.75) is 68.9 Å². The second-order valence-electron chi connectivity index (χ2n) is 10.1. The highest BCUT2D eigenvalue weighted by molar-refractivity contribution is 7.92. The first-order valence-corrected chi connectivity index (χ1v) is 14.9. The number of carbonyl (C=O) groups is 1. The molecule has 208 valence electrons. The summed E-state index contributed by atoms with van der Waals surface area (Å²) in [7, 11) is -3.92. The maximum atomic E-state index is 13.0. The molecule has 0 spiro atoms. The van der Waals surface area contributed by atoms with Crippen LogP contribution < -0.4 is 4.72 Å². The van der Waals surface area contributed by atoms with Gasteiger partial charge in [0, 0.05) is 18.3 Å². The van der Waals surface area contributed by atoms with Gasteiger partial charge >= 0.3 is 5.97 Å². The molecule has 0 unspecified atom stereocenters. The first kappa shape index (κ1) is 28.8. The van der Waals surface area contributed by atoms with Crippen molar-refractivity contribution in [3.05, 3.63) is 101 Å². The molecule has 0 bridgehead atoms. The molecule has 1 aliphatic heterocycles. The van der Waals surface area contributed by atoms with Gasteiger partial charge in [-0.15, -0.1) is 0 Å². The number of cyclic esters (lactones) is 1. The molecule has 40 heavy (non-hydrogen) atoms. The SMILES string of the molecule is CCC[C@]1(CCc2ccccc2)CC(O)=C(CCCc2cccc(NS(=O)(=O)c3ccc(C#N)cn3)c2)C(=O)O1. The molecule has 2 aromatic carbocycles. The summed E-state index contributed by atoms with van der Waals surface area (Å²) in [5.74, 6) is -0.351. The lowest BCUT2D eigenvalue weighted by Gasteiger charge is -2.37. The van der Waals surface area contributed by atoms with Crippen LogP contribution in [-0.2, 0) is 32.4 Å². The number of hydrogen-bond donors (Lipinski definition) is 2. The van der Waals surface area contributed by atoms with E-state index in [1.54, 1.807) is 18.2 Å². The van der Waals surface area contributed by atoms with Crippen molar-refractivity contribution in [3.63, 3.8) is 0 Å². The Morgan fingerprint density at radius 3 is 2.48 bits per heavy atom. The van der Waals surface area contributed by atoms with E-state index < -0.39 is 21.6 Å². The summed E-state index contributed by atoms with van der Waals surface area (Å²) in [6, 6.07) is 21.6. The van der Waals surface area contributed by atoms with Gasteiger partial charge in [-0.25, -0.2) is 9.78 Å². The highest BCUT2D eigenvalue weighted by Crippen LogP contribution is 2.38. The van der Waals surface area contributed by atoms with Crippen molar-refractivity contribution >= 4 is 21.7 Å². The van der Waals surface area contributed by atoms with Crippen molar-refractivity contribution in [3.8, 4) is 6.07 Å². The summed E-state index contributed by atoms with van der Waals surface area (Å²) in [4.78, 5) is 16.9. The second-order valence-corrected chi connectivity index (χ2v) is 11.7. The number of rotatable bonds is 12. The van der Waals surface area contributed by atoms with Gasteiger partial charge in [-0.1, -0.05) is 55.8 Å². The van der Waals surface area contributed by atoms with Crippen molar-refractivity contribution in [2.75, 3.05) is 4.72 Å². The third kappa shape index (κ3) is 7.27. The molecular formula is C31H33N3O5S. The molecule has 0 aliphatic carbocycles. The highest BCUT2D eigenvalue weighted by Gasteiger charge is 2.40. The number of aryl methyl sites for hydroxylation is 2. The number of esters is 1. The summed E-state index contributed by atoms with van der Waals surface area (Å²) in [5, 5.41) is 19.6. The van der Waals surface area contributed by atoms with Gasteiger partial charge in [0.1, 0.15) is 17.4 Å². The van der Waals surface area contributed by atoms with E-state index in [9.17, 15) is 18.3 Å². The van der Waals surface area contributed by atoms with Crippen LogP contribution in [0.4, 0.5) is 5.69 Å². The number of aliphatic hydroxyl groups excluding tert-OH is 1. The van der Waals surface area contributed by atoms with Gasteiger partial charge in [0.2, 0.25) is 0 Å². The molecular weight excluding hydrogens is 526 g/mol. The van der Waals surface area contributed by atoms with E-state index in [0.29, 0.717) is 49.8 Å². The van der Waals surface area contributed by atoms with E-state index in [0.717, 1.165) is 18.4 Å². The number of hydrogen-bond acceptors (Lipinski definition) is 7. The first-order chi connectivity index (χ1) is 19.2. The van der Waals surface area contributed by atoms with Gasteiger partial charge in [-0.2, -0.15) is 13.7 Å². The summed E-state index contributed by atoms with van der Waals surface area (Å²) >= 11 is 0. The Morgan fingerprint density at radius 1 is 1.02 bits per heavy atom. The fourth-order valence-electron chi connectivity index (χ4n) is 5.02. The van der Waals surface area contributed by atoms with E-state index >= 15 is 0 Å². The summed E-state index contributed by atoms with van der Waals surface area (Å²) < 4.78 is 33.9. The lowest BCUT2D eigenvalue weighted by atomic mass is 9.83. The Morgan fingerprint density at radius 2 is 1.80 bits per heavy atom. The minimum atomic E-state index is -3.92. The molecule has 3 aromatic rings. The zero-order valence-electron chi connectivity index (χ0n) is 22.5. The zero-order valence-corrected chi connectivity index (χ0v) is 23.3. The largest absolute Gasteiger partial charge is 0.512 e. The average molecular weight is 560 g/mol. The van der Waals surface area contributed by atoms with Gasteiger partial charge in [0.25, 0.3) is 10.0 Å². The first-order valence-electron chi connectivity index (χ1n) is 13.4. The third-order valence-electron chi connectivity index (χ3n) is 7.02. The van der Waals surface area contributed by atoms with Crippen molar-refractivity contribution in [1.82, 2.24) is 4.98 Å². The molecule has 9 heteroatoms. The fourth-order valence-corrected chi connectivity index (χ4v) is 6.00. The number of pyridine rings is 1. The number of sulfonamides is 1. The van der Waals surface area contributed by atoms with E-state index in [-0.39, 0.29) is 16.3 Å². The summed E-state index contributed by atoms with van der Waals surface area (Å²) in [6.07, 6.45) is 5.96. The molecule has 0 saturated carbocycles. The van der Waals surface area contributed by atoms with Crippen molar-refractivity contribution in [1.29, 1.82) is 5.26 Å². The second kappa shape index (κ2) is 12.8. The summed E-state index contributed by atoms with van der Waals surface area (Å²) in [5.41, 5.74) is 2.30. The van der Waals surface area contributed by atoms with Crippen LogP contribution in [0.2, 0.25) is 0 Å². The lowest BCUT2D eigenvalue weighted by Crippen LogP contribution is -2.40. The Bertz CT molecular complexity index is 1510. The maximum absolute atomic E-state index is 13.0. The van der Waals surface area contributed by atoms with Crippen molar-refractivity contribution in [2.24, 2.45) is 0 Å². The molecule has 0 radical (unpaired) electrons.